The summed E-state index contributed by atoms with van der Waals surface area (Å²) >= 11 is 0. The van der Waals surface area contributed by atoms with Crippen molar-refractivity contribution in [2.75, 3.05) is 26.4 Å². The molecule has 0 atom stereocenters. The van der Waals surface area contributed by atoms with E-state index in [1.54, 1.807) is 0 Å². The molecular weight excluding hydrogens is 233 g/mol. The smallest absolute Gasteiger partial charge is 0.253 e. The van der Waals surface area contributed by atoms with E-state index in [4.69, 9.17) is 5.73 Å². The first kappa shape index (κ1) is 14.4. The number of halogens is 1. The zero-order valence-corrected chi connectivity index (χ0v) is 11.2. The van der Waals surface area contributed by atoms with E-state index in [0.717, 1.165) is 6.07 Å². The van der Waals surface area contributed by atoms with Crippen molar-refractivity contribution in [3.63, 3.8) is 0 Å². The summed E-state index contributed by atoms with van der Waals surface area (Å²) in [6, 6.07) is 3.76. The third-order valence-electron chi connectivity index (χ3n) is 3.15. The van der Waals surface area contributed by atoms with Crippen molar-refractivity contribution in [3.05, 3.63) is 29.6 Å². The molecule has 1 amide bonds. The quantitative estimate of drug-likeness (QED) is 0.799. The summed E-state index contributed by atoms with van der Waals surface area (Å²) in [6.07, 6.45) is 0. The van der Waals surface area contributed by atoms with Crippen LogP contribution in [0.5, 0.6) is 0 Å². The van der Waals surface area contributed by atoms with Crippen LogP contribution in [0.1, 0.15) is 24.2 Å². The summed E-state index contributed by atoms with van der Waals surface area (Å²) < 4.78 is 12.9. The van der Waals surface area contributed by atoms with E-state index in [-0.39, 0.29) is 17.1 Å². The van der Waals surface area contributed by atoms with Gasteiger partial charge in [-0.3, -0.25) is 4.79 Å². The lowest BCUT2D eigenvalue weighted by molar-refractivity contribution is 0.0920. The Bertz CT molecular complexity index is 444. The van der Waals surface area contributed by atoms with Gasteiger partial charge in [-0.15, -0.1) is 0 Å². The standard InChI is InChI=1S/C13H20FN3O/c1-13(2,17(3)4)8-16-12(18)10-6-5-9(14)7-11(10)15/h5-7H,8,15H2,1-4H3,(H,16,18). The molecule has 0 spiro atoms. The number of carbonyl (C=O) groups excluding carboxylic acids is 1. The highest BCUT2D eigenvalue weighted by Crippen LogP contribution is 2.14. The number of amides is 1. The Morgan fingerprint density at radius 2 is 2.06 bits per heavy atom. The van der Waals surface area contributed by atoms with Gasteiger partial charge in [-0.05, 0) is 46.1 Å². The lowest BCUT2D eigenvalue weighted by atomic mass is 10.0. The maximum atomic E-state index is 12.9. The summed E-state index contributed by atoms with van der Waals surface area (Å²) in [4.78, 5) is 13.9. The zero-order valence-electron chi connectivity index (χ0n) is 11.2. The van der Waals surface area contributed by atoms with Crippen LogP contribution in [-0.4, -0.2) is 37.0 Å². The molecule has 5 heteroatoms. The summed E-state index contributed by atoms with van der Waals surface area (Å²) in [5.41, 5.74) is 5.89. The minimum Gasteiger partial charge on any atom is -0.398 e. The summed E-state index contributed by atoms with van der Waals surface area (Å²) in [7, 11) is 3.89. The molecule has 0 aromatic heterocycles. The minimum atomic E-state index is -0.447. The molecule has 0 radical (unpaired) electrons. The Balaban J connectivity index is 2.72. The van der Waals surface area contributed by atoms with Gasteiger partial charge in [0.05, 0.1) is 5.56 Å². The van der Waals surface area contributed by atoms with Gasteiger partial charge >= 0.3 is 0 Å². The molecule has 0 aliphatic rings. The van der Waals surface area contributed by atoms with Crippen LogP contribution in [0.2, 0.25) is 0 Å². The summed E-state index contributed by atoms with van der Waals surface area (Å²) in [5.74, 6) is -0.736. The first-order chi connectivity index (χ1) is 8.24. The largest absolute Gasteiger partial charge is 0.398 e. The van der Waals surface area contributed by atoms with E-state index < -0.39 is 5.82 Å². The molecule has 0 heterocycles. The van der Waals surface area contributed by atoms with Crippen molar-refractivity contribution in [2.24, 2.45) is 0 Å². The SMILES string of the molecule is CN(C)C(C)(C)CNC(=O)c1ccc(F)cc1N. The van der Waals surface area contributed by atoms with Crippen LogP contribution < -0.4 is 11.1 Å². The van der Waals surface area contributed by atoms with Crippen LogP contribution in [0.3, 0.4) is 0 Å². The van der Waals surface area contributed by atoms with Gasteiger partial charge in [-0.25, -0.2) is 4.39 Å². The molecule has 0 saturated heterocycles. The number of likely N-dealkylation sites (N-methyl/N-ethyl adjacent to an activating group) is 1. The molecule has 100 valence electrons. The predicted molar refractivity (Wildman–Crippen MR) is 70.9 cm³/mol. The number of hydrogen-bond acceptors (Lipinski definition) is 3. The van der Waals surface area contributed by atoms with E-state index >= 15 is 0 Å². The topological polar surface area (TPSA) is 58.4 Å². The third kappa shape index (κ3) is 3.43. The van der Waals surface area contributed by atoms with Gasteiger partial charge < -0.3 is 16.0 Å². The molecular formula is C13H20FN3O. The Morgan fingerprint density at radius 3 is 2.56 bits per heavy atom. The van der Waals surface area contributed by atoms with Gasteiger partial charge in [0.25, 0.3) is 5.91 Å². The molecule has 18 heavy (non-hydrogen) atoms. The van der Waals surface area contributed by atoms with Gasteiger partial charge in [0.1, 0.15) is 5.82 Å². The molecule has 0 saturated carbocycles. The molecule has 0 aliphatic heterocycles. The second-order valence-electron chi connectivity index (χ2n) is 5.12. The maximum Gasteiger partial charge on any atom is 0.253 e. The highest BCUT2D eigenvalue weighted by Gasteiger charge is 2.21. The Morgan fingerprint density at radius 1 is 1.44 bits per heavy atom. The lowest BCUT2D eigenvalue weighted by Gasteiger charge is -2.32. The van der Waals surface area contributed by atoms with E-state index in [1.807, 2.05) is 32.8 Å². The fourth-order valence-corrected chi connectivity index (χ4v) is 1.29. The molecule has 0 bridgehead atoms. The number of nitrogens with one attached hydrogen (secondary N) is 1. The molecule has 1 aromatic carbocycles. The predicted octanol–water partition coefficient (Wildman–Crippen LogP) is 1.48. The average molecular weight is 253 g/mol. The van der Waals surface area contributed by atoms with Crippen molar-refractivity contribution in [1.29, 1.82) is 0 Å². The van der Waals surface area contributed by atoms with Crippen LogP contribution in [0.15, 0.2) is 18.2 Å². The van der Waals surface area contributed by atoms with Crippen LogP contribution in [-0.2, 0) is 0 Å². The van der Waals surface area contributed by atoms with Crippen molar-refractivity contribution < 1.29 is 9.18 Å². The molecule has 1 aromatic rings. The lowest BCUT2D eigenvalue weighted by Crippen LogP contribution is -2.48. The molecule has 4 nitrogen and oxygen atoms in total. The molecule has 0 unspecified atom stereocenters. The van der Waals surface area contributed by atoms with Crippen molar-refractivity contribution in [1.82, 2.24) is 10.2 Å². The number of anilines is 1. The Kier molecular flexibility index (Phi) is 4.29. The molecule has 0 aliphatic carbocycles. The fraction of sp³-hybridized carbons (Fsp3) is 0.462. The first-order valence-electron chi connectivity index (χ1n) is 5.74. The Hall–Kier alpha value is -1.62. The first-order valence-corrected chi connectivity index (χ1v) is 5.74. The zero-order chi connectivity index (χ0) is 13.9. The summed E-state index contributed by atoms with van der Waals surface area (Å²) in [6.45, 7) is 4.51. The highest BCUT2D eigenvalue weighted by atomic mass is 19.1. The number of nitrogen functional groups attached to an aromatic ring is 1. The van der Waals surface area contributed by atoms with Crippen molar-refractivity contribution in [2.45, 2.75) is 19.4 Å². The van der Waals surface area contributed by atoms with E-state index in [1.165, 1.54) is 12.1 Å². The van der Waals surface area contributed by atoms with Crippen LogP contribution >= 0.6 is 0 Å². The van der Waals surface area contributed by atoms with Gasteiger partial charge in [-0.2, -0.15) is 0 Å². The van der Waals surface area contributed by atoms with Gasteiger partial charge in [0, 0.05) is 17.8 Å². The molecule has 0 fully saturated rings. The van der Waals surface area contributed by atoms with E-state index in [2.05, 4.69) is 5.32 Å². The third-order valence-corrected chi connectivity index (χ3v) is 3.15. The van der Waals surface area contributed by atoms with Crippen molar-refractivity contribution in [3.8, 4) is 0 Å². The molecule has 3 N–H and O–H groups in total. The fourth-order valence-electron chi connectivity index (χ4n) is 1.29. The average Bonchev–Trinajstić information content (AvgIpc) is 2.25. The number of nitrogens with two attached hydrogens (primary N) is 1. The number of carbonyl (C=O) groups is 1. The Labute approximate surface area is 107 Å². The summed E-state index contributed by atoms with van der Waals surface area (Å²) in [5, 5.41) is 2.80. The second-order valence-corrected chi connectivity index (χ2v) is 5.12. The van der Waals surface area contributed by atoms with Crippen LogP contribution in [0, 0.1) is 5.82 Å². The van der Waals surface area contributed by atoms with Crippen LogP contribution in [0.25, 0.3) is 0 Å². The number of rotatable bonds is 4. The number of nitrogens with zero attached hydrogens (tertiary/aromatic N) is 1. The molecule has 1 rings (SSSR count). The van der Waals surface area contributed by atoms with Gasteiger partial charge in [-0.1, -0.05) is 0 Å². The van der Waals surface area contributed by atoms with Gasteiger partial charge in [0.2, 0.25) is 0 Å². The minimum absolute atomic E-state index is 0.148. The normalized spacial score (nSPS) is 11.7. The van der Waals surface area contributed by atoms with E-state index in [0.29, 0.717) is 12.1 Å². The number of hydrogen-bond donors (Lipinski definition) is 2. The second kappa shape index (κ2) is 5.35. The van der Waals surface area contributed by atoms with Crippen LogP contribution in [0.4, 0.5) is 10.1 Å². The maximum absolute atomic E-state index is 12.9. The van der Waals surface area contributed by atoms with E-state index in [9.17, 15) is 9.18 Å². The number of benzene rings is 1. The van der Waals surface area contributed by atoms with Gasteiger partial charge in [0.15, 0.2) is 0 Å². The highest BCUT2D eigenvalue weighted by molar-refractivity contribution is 5.99. The monoisotopic (exact) mass is 253 g/mol. The van der Waals surface area contributed by atoms with Crippen molar-refractivity contribution >= 4 is 11.6 Å².